The average molecular weight is 407 g/mol. The number of nitrogens with one attached hydrogen (secondary N) is 1. The number of methoxy groups -OCH3 is 1. The minimum atomic E-state index is -0.471. The van der Waals surface area contributed by atoms with Gasteiger partial charge in [-0.3, -0.25) is 4.79 Å². The van der Waals surface area contributed by atoms with Crippen LogP contribution in [-0.2, 0) is 6.54 Å². The fourth-order valence-electron chi connectivity index (χ4n) is 3.59. The molecule has 4 rings (SSSR count). The van der Waals surface area contributed by atoms with Gasteiger partial charge in [-0.25, -0.2) is 0 Å². The van der Waals surface area contributed by atoms with E-state index < -0.39 is 5.91 Å². The Bertz CT molecular complexity index is 1010. The second-order valence-electron chi connectivity index (χ2n) is 7.24. The highest BCUT2D eigenvalue weighted by Crippen LogP contribution is 2.26. The van der Waals surface area contributed by atoms with Gasteiger partial charge in [0.1, 0.15) is 5.75 Å². The first-order chi connectivity index (χ1) is 14.6. The lowest BCUT2D eigenvalue weighted by Crippen LogP contribution is -2.29. The van der Waals surface area contributed by atoms with Crippen LogP contribution in [0.25, 0.3) is 11.4 Å². The molecule has 1 saturated heterocycles. The van der Waals surface area contributed by atoms with Crippen LogP contribution in [0.4, 0.5) is 11.4 Å². The summed E-state index contributed by atoms with van der Waals surface area (Å²) in [6.07, 6.45) is 3.58. The predicted molar refractivity (Wildman–Crippen MR) is 115 cm³/mol. The van der Waals surface area contributed by atoms with E-state index in [-0.39, 0.29) is 6.54 Å². The molecule has 0 bridgehead atoms. The summed E-state index contributed by atoms with van der Waals surface area (Å²) < 4.78 is 10.5. The lowest BCUT2D eigenvalue weighted by atomic mass is 10.1. The third kappa shape index (κ3) is 4.37. The molecular weight excluding hydrogens is 382 g/mol. The second-order valence-corrected chi connectivity index (χ2v) is 7.24. The predicted octanol–water partition coefficient (Wildman–Crippen LogP) is 3.45. The van der Waals surface area contributed by atoms with E-state index in [0.29, 0.717) is 23.0 Å². The maximum Gasteiger partial charge on any atom is 0.250 e. The van der Waals surface area contributed by atoms with Crippen molar-refractivity contribution in [2.24, 2.45) is 5.73 Å². The van der Waals surface area contributed by atoms with Crippen molar-refractivity contribution >= 4 is 17.3 Å². The highest BCUT2D eigenvalue weighted by Gasteiger charge is 2.16. The highest BCUT2D eigenvalue weighted by molar-refractivity contribution is 5.99. The zero-order chi connectivity index (χ0) is 20.9. The Balaban J connectivity index is 1.46. The number of primary amides is 1. The molecule has 8 heteroatoms. The molecule has 2 aromatic carbocycles. The lowest BCUT2D eigenvalue weighted by Gasteiger charge is -2.29. The van der Waals surface area contributed by atoms with Crippen LogP contribution < -0.4 is 20.7 Å². The van der Waals surface area contributed by atoms with Crippen molar-refractivity contribution in [1.82, 2.24) is 10.1 Å². The van der Waals surface area contributed by atoms with Crippen molar-refractivity contribution in [2.75, 3.05) is 30.4 Å². The van der Waals surface area contributed by atoms with Crippen molar-refractivity contribution in [3.63, 3.8) is 0 Å². The number of piperidine rings is 1. The third-order valence-electron chi connectivity index (χ3n) is 5.24. The Labute approximate surface area is 175 Å². The third-order valence-corrected chi connectivity index (χ3v) is 5.24. The number of anilines is 2. The van der Waals surface area contributed by atoms with E-state index in [4.69, 9.17) is 15.0 Å². The van der Waals surface area contributed by atoms with Crippen molar-refractivity contribution in [3.05, 3.63) is 53.9 Å². The van der Waals surface area contributed by atoms with Crippen molar-refractivity contribution < 1.29 is 14.1 Å². The van der Waals surface area contributed by atoms with Gasteiger partial charge in [0.15, 0.2) is 0 Å². The first-order valence-corrected chi connectivity index (χ1v) is 10.0. The molecule has 3 aromatic rings. The number of carbonyl (C=O) groups is 1. The summed E-state index contributed by atoms with van der Waals surface area (Å²) in [7, 11) is 1.62. The Morgan fingerprint density at radius 3 is 2.63 bits per heavy atom. The first-order valence-electron chi connectivity index (χ1n) is 10.0. The van der Waals surface area contributed by atoms with Gasteiger partial charge in [0.05, 0.1) is 19.2 Å². The number of nitrogens with two attached hydrogens (primary N) is 1. The van der Waals surface area contributed by atoms with Crippen LogP contribution in [0.2, 0.25) is 0 Å². The van der Waals surface area contributed by atoms with Crippen LogP contribution >= 0.6 is 0 Å². The molecule has 0 atom stereocenters. The fourth-order valence-corrected chi connectivity index (χ4v) is 3.59. The van der Waals surface area contributed by atoms with Gasteiger partial charge in [0.2, 0.25) is 11.7 Å². The van der Waals surface area contributed by atoms with Gasteiger partial charge in [-0.1, -0.05) is 5.16 Å². The van der Waals surface area contributed by atoms with E-state index >= 15 is 0 Å². The molecule has 30 heavy (non-hydrogen) atoms. The highest BCUT2D eigenvalue weighted by atomic mass is 16.5. The van der Waals surface area contributed by atoms with Crippen LogP contribution in [0.15, 0.2) is 47.0 Å². The summed E-state index contributed by atoms with van der Waals surface area (Å²) in [5.41, 5.74) is 8.57. The maximum absolute atomic E-state index is 12.0. The van der Waals surface area contributed by atoms with Crippen molar-refractivity contribution in [1.29, 1.82) is 0 Å². The Hall–Kier alpha value is -3.55. The van der Waals surface area contributed by atoms with Gasteiger partial charge in [0, 0.05) is 30.0 Å². The molecule has 3 N–H and O–H groups in total. The molecule has 2 heterocycles. The van der Waals surface area contributed by atoms with E-state index in [1.807, 2.05) is 42.5 Å². The number of carbonyl (C=O) groups excluding carboxylic acids is 1. The number of amides is 1. The number of hydrogen-bond donors (Lipinski definition) is 2. The molecule has 1 aliphatic rings. The number of rotatable bonds is 7. The fraction of sp³-hybridized carbons (Fsp3) is 0.318. The van der Waals surface area contributed by atoms with Crippen molar-refractivity contribution in [2.45, 2.75) is 25.8 Å². The normalized spacial score (nSPS) is 13.8. The maximum atomic E-state index is 12.0. The molecule has 0 spiro atoms. The standard InChI is InChI=1S/C22H25N5O3/c1-29-17-8-5-15(6-9-17)22-25-20(30-26-22)14-24-19-10-7-16(13-18(19)21(23)28)27-11-3-2-4-12-27/h5-10,13,24H,2-4,11-12,14H2,1H3,(H2,23,28). The van der Waals surface area contributed by atoms with Crippen molar-refractivity contribution in [3.8, 4) is 17.1 Å². The van der Waals surface area contributed by atoms with Gasteiger partial charge < -0.3 is 25.2 Å². The van der Waals surface area contributed by atoms with Gasteiger partial charge in [-0.15, -0.1) is 0 Å². The molecule has 1 amide bonds. The van der Waals surface area contributed by atoms with Crippen LogP contribution in [0.5, 0.6) is 5.75 Å². The first kappa shape index (κ1) is 19.8. The van der Waals surface area contributed by atoms with E-state index in [1.54, 1.807) is 7.11 Å². The molecule has 8 nitrogen and oxygen atoms in total. The summed E-state index contributed by atoms with van der Waals surface area (Å²) in [5, 5.41) is 7.21. The molecule has 156 valence electrons. The zero-order valence-electron chi connectivity index (χ0n) is 16.9. The zero-order valence-corrected chi connectivity index (χ0v) is 16.9. The molecule has 1 aromatic heterocycles. The Morgan fingerprint density at radius 1 is 1.17 bits per heavy atom. The average Bonchev–Trinajstić information content (AvgIpc) is 3.27. The van der Waals surface area contributed by atoms with Crippen LogP contribution in [-0.4, -0.2) is 36.2 Å². The molecule has 1 fully saturated rings. The molecule has 0 saturated carbocycles. The second kappa shape index (κ2) is 8.86. The summed E-state index contributed by atoms with van der Waals surface area (Å²) in [4.78, 5) is 18.7. The summed E-state index contributed by atoms with van der Waals surface area (Å²) in [6, 6.07) is 13.2. The van der Waals surface area contributed by atoms with Gasteiger partial charge in [-0.05, 0) is 61.7 Å². The topological polar surface area (TPSA) is 107 Å². The summed E-state index contributed by atoms with van der Waals surface area (Å²) in [6.45, 7) is 2.29. The van der Waals surface area contributed by atoms with E-state index in [2.05, 4.69) is 20.4 Å². The smallest absolute Gasteiger partial charge is 0.250 e. The molecule has 0 radical (unpaired) electrons. The SMILES string of the molecule is COc1ccc(-c2noc(CNc3ccc(N4CCCCC4)cc3C(N)=O)n2)cc1. The molecule has 1 aliphatic heterocycles. The van der Waals surface area contributed by atoms with Gasteiger partial charge in [0.25, 0.3) is 5.91 Å². The Kier molecular flexibility index (Phi) is 5.83. The van der Waals surface area contributed by atoms with Gasteiger partial charge >= 0.3 is 0 Å². The van der Waals surface area contributed by atoms with E-state index in [9.17, 15) is 4.79 Å². The molecular formula is C22H25N5O3. The largest absolute Gasteiger partial charge is 0.497 e. The van der Waals surface area contributed by atoms with E-state index in [1.165, 1.54) is 19.3 Å². The van der Waals surface area contributed by atoms with Crippen LogP contribution in [0.1, 0.15) is 35.5 Å². The quantitative estimate of drug-likeness (QED) is 0.618. The number of aromatic nitrogens is 2. The number of benzene rings is 2. The van der Waals surface area contributed by atoms with Crippen LogP contribution in [0.3, 0.4) is 0 Å². The minimum absolute atomic E-state index is 0.284. The molecule has 0 unspecified atom stereocenters. The van der Waals surface area contributed by atoms with Gasteiger partial charge in [-0.2, -0.15) is 4.98 Å². The number of nitrogens with zero attached hydrogens (tertiary/aromatic N) is 3. The Morgan fingerprint density at radius 2 is 1.93 bits per heavy atom. The minimum Gasteiger partial charge on any atom is -0.497 e. The number of ether oxygens (including phenoxy) is 1. The monoisotopic (exact) mass is 407 g/mol. The van der Waals surface area contributed by atoms with Crippen LogP contribution in [0, 0.1) is 0 Å². The molecule has 0 aliphatic carbocycles. The lowest BCUT2D eigenvalue weighted by molar-refractivity contribution is 0.100. The summed E-state index contributed by atoms with van der Waals surface area (Å²) >= 11 is 0. The van der Waals surface area contributed by atoms with E-state index in [0.717, 1.165) is 30.1 Å². The summed E-state index contributed by atoms with van der Waals surface area (Å²) in [5.74, 6) is 1.19. The number of hydrogen-bond acceptors (Lipinski definition) is 7.